The highest BCUT2D eigenvalue weighted by atomic mass is 16.6. The summed E-state index contributed by atoms with van der Waals surface area (Å²) in [5.41, 5.74) is 2.54. The summed E-state index contributed by atoms with van der Waals surface area (Å²) in [4.78, 5) is 53.3. The van der Waals surface area contributed by atoms with Gasteiger partial charge in [0.1, 0.15) is 13.2 Å². The number of carbonyl (C=O) groups excluding carboxylic acids is 4. The number of esters is 3. The number of fused-ring (bicyclic) bond motifs is 1. The second-order valence-electron chi connectivity index (χ2n) is 19.1. The van der Waals surface area contributed by atoms with Crippen molar-refractivity contribution in [1.82, 2.24) is 4.90 Å². The van der Waals surface area contributed by atoms with Gasteiger partial charge in [0.15, 0.2) is 6.10 Å². The molecule has 0 saturated carbocycles. The van der Waals surface area contributed by atoms with Gasteiger partial charge in [-0.25, -0.2) is 0 Å². The van der Waals surface area contributed by atoms with Gasteiger partial charge in [-0.05, 0) is 49.7 Å². The molecular formula is C57H95NO7. The molecule has 0 fully saturated rings. The van der Waals surface area contributed by atoms with Gasteiger partial charge in [0.2, 0.25) is 5.91 Å². The molecule has 8 heteroatoms. The summed E-state index contributed by atoms with van der Waals surface area (Å²) in [7, 11) is 0. The fraction of sp³-hybridized carbons (Fsp3) is 0.789. The highest BCUT2D eigenvalue weighted by Gasteiger charge is 2.30. The lowest BCUT2D eigenvalue weighted by atomic mass is 10.0. The Morgan fingerprint density at radius 3 is 1.32 bits per heavy atom. The second-order valence-corrected chi connectivity index (χ2v) is 19.1. The van der Waals surface area contributed by atoms with Crippen LogP contribution in [0.3, 0.4) is 0 Å². The fourth-order valence-electron chi connectivity index (χ4n) is 9.18. The zero-order valence-electron chi connectivity index (χ0n) is 41.8. The maximum Gasteiger partial charge on any atom is 0.306 e. The number of aryl methyl sites for hydroxylation is 1. The van der Waals surface area contributed by atoms with E-state index in [0.717, 1.165) is 83.5 Å². The Bertz CT molecular complexity index is 1360. The fourth-order valence-corrected chi connectivity index (χ4v) is 9.18. The molecule has 2 rings (SSSR count). The quantitative estimate of drug-likeness (QED) is 0.0278. The van der Waals surface area contributed by atoms with Crippen LogP contribution in [-0.4, -0.2) is 54.6 Å². The summed E-state index contributed by atoms with van der Waals surface area (Å²) in [6, 6.07) is 8.41. The molecule has 65 heavy (non-hydrogen) atoms. The van der Waals surface area contributed by atoms with E-state index < -0.39 is 6.10 Å². The van der Waals surface area contributed by atoms with Crippen LogP contribution in [0.15, 0.2) is 24.3 Å². The second kappa shape index (κ2) is 40.9. The van der Waals surface area contributed by atoms with Crippen LogP contribution in [0, 0.1) is 12.3 Å². The molecule has 0 spiro atoms. The van der Waals surface area contributed by atoms with Crippen LogP contribution in [0.1, 0.15) is 269 Å². The van der Waals surface area contributed by atoms with Crippen molar-refractivity contribution in [2.24, 2.45) is 0 Å². The Morgan fingerprint density at radius 1 is 0.538 bits per heavy atom. The summed E-state index contributed by atoms with van der Waals surface area (Å²) in [5.74, 6) is 1.84. The van der Waals surface area contributed by atoms with E-state index in [1.807, 2.05) is 11.0 Å². The molecule has 1 aromatic rings. The first-order chi connectivity index (χ1) is 31.9. The zero-order valence-corrected chi connectivity index (χ0v) is 41.8. The number of hydrogen-bond donors (Lipinski definition) is 0. The summed E-state index contributed by atoms with van der Waals surface area (Å²) >= 11 is 0. The van der Waals surface area contributed by atoms with Gasteiger partial charge in [0.05, 0.1) is 12.6 Å². The molecule has 1 atom stereocenters. The number of benzene rings is 1. The first-order valence-corrected chi connectivity index (χ1v) is 27.2. The highest BCUT2D eigenvalue weighted by Crippen LogP contribution is 2.36. The number of nitrogens with zero attached hydrogens (tertiary/aromatic N) is 1. The maximum atomic E-state index is 13.2. The Morgan fingerprint density at radius 2 is 0.908 bits per heavy atom. The van der Waals surface area contributed by atoms with Crippen LogP contribution in [0.25, 0.3) is 0 Å². The lowest BCUT2D eigenvalue weighted by molar-refractivity contribution is -0.167. The third kappa shape index (κ3) is 30.5. The van der Waals surface area contributed by atoms with Crippen LogP contribution >= 0.6 is 0 Å². The molecule has 0 aromatic heterocycles. The van der Waals surface area contributed by atoms with E-state index in [4.69, 9.17) is 20.6 Å². The van der Waals surface area contributed by atoms with Gasteiger partial charge < -0.3 is 19.1 Å². The van der Waals surface area contributed by atoms with Gasteiger partial charge >= 0.3 is 17.9 Å². The first-order valence-electron chi connectivity index (χ1n) is 27.2. The monoisotopic (exact) mass is 906 g/mol. The molecular weight excluding hydrogens is 811 g/mol. The van der Waals surface area contributed by atoms with Crippen LogP contribution in [0.5, 0.6) is 0 Å². The Hall–Kier alpha value is -3.34. The summed E-state index contributed by atoms with van der Waals surface area (Å²) in [6.07, 6.45) is 45.6. The molecule has 8 nitrogen and oxygen atoms in total. The number of unbranched alkanes of at least 4 members (excludes halogenated alkanes) is 29. The highest BCUT2D eigenvalue weighted by molar-refractivity contribution is 5.77. The van der Waals surface area contributed by atoms with Crippen LogP contribution in [-0.2, 0) is 39.8 Å². The van der Waals surface area contributed by atoms with E-state index in [1.54, 1.807) is 0 Å². The molecule has 1 aliphatic rings. The number of rotatable bonds is 44. The third-order valence-corrected chi connectivity index (χ3v) is 13.2. The average Bonchev–Trinajstić information content (AvgIpc) is 3.74. The first kappa shape index (κ1) is 57.8. The van der Waals surface area contributed by atoms with Gasteiger partial charge in [-0.2, -0.15) is 0 Å². The van der Waals surface area contributed by atoms with Gasteiger partial charge in [-0.3, -0.25) is 19.2 Å². The van der Waals surface area contributed by atoms with Crippen LogP contribution < -0.4 is 0 Å². The van der Waals surface area contributed by atoms with Gasteiger partial charge in [0, 0.05) is 25.7 Å². The zero-order chi connectivity index (χ0) is 46.8. The lowest BCUT2D eigenvalue weighted by Gasteiger charge is -2.28. The van der Waals surface area contributed by atoms with Crippen molar-refractivity contribution in [1.29, 1.82) is 0 Å². The van der Waals surface area contributed by atoms with E-state index in [-0.39, 0.29) is 49.5 Å². The number of amides is 1. The Kier molecular flexibility index (Phi) is 36.4. The van der Waals surface area contributed by atoms with E-state index in [0.29, 0.717) is 32.2 Å². The van der Waals surface area contributed by atoms with Gasteiger partial charge in [0.25, 0.3) is 0 Å². The molecule has 0 bridgehead atoms. The SMILES string of the molecule is C#CCN(C(=O)CCCCCCCCC(=O)OC(COC(=O)CCCCCCCCCCCCCCC)COC(=O)CCCCCCCCCCCCCCC)[C@@H]1CCc2ccccc21. The molecule has 1 aromatic carbocycles. The molecule has 0 heterocycles. The molecule has 0 radical (unpaired) electrons. The van der Waals surface area contributed by atoms with Crippen molar-refractivity contribution in [3.63, 3.8) is 0 Å². The Labute approximate surface area is 398 Å². The topological polar surface area (TPSA) is 99.2 Å². The van der Waals surface area contributed by atoms with E-state index in [2.05, 4.69) is 38.0 Å². The van der Waals surface area contributed by atoms with Crippen molar-refractivity contribution in [2.75, 3.05) is 19.8 Å². The average molecular weight is 906 g/mol. The van der Waals surface area contributed by atoms with Crippen molar-refractivity contribution < 1.29 is 33.4 Å². The molecule has 1 aliphatic carbocycles. The predicted molar refractivity (Wildman–Crippen MR) is 267 cm³/mol. The molecule has 0 saturated heterocycles. The number of terminal acetylenes is 1. The molecule has 0 unspecified atom stereocenters. The molecule has 0 aliphatic heterocycles. The normalized spacial score (nSPS) is 13.1. The van der Waals surface area contributed by atoms with Crippen molar-refractivity contribution >= 4 is 23.8 Å². The molecule has 1 amide bonds. The third-order valence-electron chi connectivity index (χ3n) is 13.2. The lowest BCUT2D eigenvalue weighted by Crippen LogP contribution is -2.34. The van der Waals surface area contributed by atoms with Gasteiger partial charge in [-0.15, -0.1) is 6.42 Å². The minimum absolute atomic E-state index is 0.0658. The standard InChI is InChI=1S/C57H95NO7/c1-4-7-9-11-13-15-17-19-21-23-25-30-34-42-55(60)63-48-51(49-64-56(61)43-35-31-26-24-22-20-18-16-14-12-10-8-5-2)65-57(62)44-36-32-28-27-29-33-41-54(59)58(47-6-3)53-46-45-50-39-37-38-40-52(50)53/h3,37-40,51,53H,4-5,7-36,41-49H2,1-2H3/t53-/m1/s1. The maximum absolute atomic E-state index is 13.2. The summed E-state index contributed by atoms with van der Waals surface area (Å²) < 4.78 is 16.8. The van der Waals surface area contributed by atoms with Crippen molar-refractivity contribution in [2.45, 2.75) is 270 Å². The van der Waals surface area contributed by atoms with Gasteiger partial charge in [-0.1, -0.05) is 224 Å². The smallest absolute Gasteiger partial charge is 0.306 e. The van der Waals surface area contributed by atoms with E-state index in [9.17, 15) is 19.2 Å². The van der Waals surface area contributed by atoms with Crippen LogP contribution in [0.2, 0.25) is 0 Å². The van der Waals surface area contributed by atoms with Crippen molar-refractivity contribution in [3.05, 3.63) is 35.4 Å². The minimum Gasteiger partial charge on any atom is -0.462 e. The molecule has 370 valence electrons. The Balaban J connectivity index is 1.65. The van der Waals surface area contributed by atoms with E-state index in [1.165, 1.54) is 140 Å². The van der Waals surface area contributed by atoms with Crippen molar-refractivity contribution in [3.8, 4) is 12.3 Å². The van der Waals surface area contributed by atoms with Crippen LogP contribution in [0.4, 0.5) is 0 Å². The van der Waals surface area contributed by atoms with E-state index >= 15 is 0 Å². The number of hydrogen-bond acceptors (Lipinski definition) is 7. The number of ether oxygens (including phenoxy) is 3. The molecule has 0 N–H and O–H groups in total. The summed E-state index contributed by atoms with van der Waals surface area (Å²) in [6.45, 7) is 4.63. The predicted octanol–water partition coefficient (Wildman–Crippen LogP) is 15.2. The number of carbonyl (C=O) groups is 4. The summed E-state index contributed by atoms with van der Waals surface area (Å²) in [5, 5.41) is 0. The largest absolute Gasteiger partial charge is 0.462 e. The minimum atomic E-state index is -0.821.